The van der Waals surface area contributed by atoms with Gasteiger partial charge in [-0.25, -0.2) is 19.7 Å². The highest BCUT2D eigenvalue weighted by Crippen LogP contribution is 2.38. The van der Waals surface area contributed by atoms with E-state index in [0.717, 1.165) is 31.0 Å². The molecule has 0 aliphatic heterocycles. The lowest BCUT2D eigenvalue weighted by atomic mass is 9.92. The summed E-state index contributed by atoms with van der Waals surface area (Å²) in [7, 11) is 0. The standard InChI is InChI=1S/C24H23ClF3N5O2/c1-2-35-20(34)11-10-17-13-30-23(25)32-21(17)29-12-15-6-8-16(9-7-15)22-31-19(24(26,27)28)14-33(22)18-4-3-5-18/h6-11,13-14,18H,2-5,12H2,1H3,(H,29,30,32)/b11-10+. The maximum absolute atomic E-state index is 13.3. The molecular weight excluding hydrogens is 483 g/mol. The molecule has 1 fully saturated rings. The number of carbonyl (C=O) groups excluding carboxylic acids is 1. The number of imidazole rings is 1. The lowest BCUT2D eigenvalue weighted by Gasteiger charge is -2.28. The number of benzene rings is 1. The zero-order valence-electron chi connectivity index (χ0n) is 18.8. The number of ether oxygens (including phenoxy) is 1. The zero-order valence-corrected chi connectivity index (χ0v) is 19.6. The molecule has 1 saturated carbocycles. The van der Waals surface area contributed by atoms with E-state index in [1.807, 2.05) is 12.1 Å². The molecule has 2 heterocycles. The first-order chi connectivity index (χ1) is 16.7. The third kappa shape index (κ3) is 6.00. The quantitative estimate of drug-likeness (QED) is 0.232. The van der Waals surface area contributed by atoms with Gasteiger partial charge in [0, 0.05) is 42.2 Å². The van der Waals surface area contributed by atoms with E-state index in [1.165, 1.54) is 18.3 Å². The third-order valence-electron chi connectivity index (χ3n) is 5.64. The van der Waals surface area contributed by atoms with Crippen LogP contribution in [0.15, 0.2) is 42.7 Å². The van der Waals surface area contributed by atoms with E-state index in [9.17, 15) is 18.0 Å². The molecule has 11 heteroatoms. The summed E-state index contributed by atoms with van der Waals surface area (Å²) >= 11 is 5.92. The van der Waals surface area contributed by atoms with Gasteiger partial charge < -0.3 is 14.6 Å². The van der Waals surface area contributed by atoms with Crippen LogP contribution in [-0.4, -0.2) is 32.1 Å². The molecule has 184 valence electrons. The van der Waals surface area contributed by atoms with E-state index in [-0.39, 0.29) is 17.9 Å². The number of alkyl halides is 3. The van der Waals surface area contributed by atoms with Crippen molar-refractivity contribution in [1.29, 1.82) is 0 Å². The van der Waals surface area contributed by atoms with E-state index < -0.39 is 17.8 Å². The summed E-state index contributed by atoms with van der Waals surface area (Å²) in [6.07, 6.45) is 3.58. The minimum absolute atomic E-state index is 0.0403. The number of nitrogens with one attached hydrogen (secondary N) is 1. The van der Waals surface area contributed by atoms with Crippen LogP contribution in [0.5, 0.6) is 0 Å². The van der Waals surface area contributed by atoms with Crippen LogP contribution in [0.3, 0.4) is 0 Å². The highest BCUT2D eigenvalue weighted by atomic mass is 35.5. The van der Waals surface area contributed by atoms with Crippen molar-refractivity contribution in [2.45, 2.75) is 44.9 Å². The van der Waals surface area contributed by atoms with Gasteiger partial charge in [-0.2, -0.15) is 13.2 Å². The Morgan fingerprint density at radius 1 is 1.26 bits per heavy atom. The summed E-state index contributed by atoms with van der Waals surface area (Å²) in [5.74, 6) is 0.249. The Hall–Kier alpha value is -3.40. The van der Waals surface area contributed by atoms with Crippen molar-refractivity contribution in [2.24, 2.45) is 0 Å². The number of anilines is 1. The third-order valence-corrected chi connectivity index (χ3v) is 5.82. The normalized spacial score (nSPS) is 14.2. The molecule has 7 nitrogen and oxygen atoms in total. The summed E-state index contributed by atoms with van der Waals surface area (Å²) in [6, 6.07) is 7.17. The van der Waals surface area contributed by atoms with Gasteiger partial charge in [0.1, 0.15) is 11.6 Å². The van der Waals surface area contributed by atoms with Gasteiger partial charge in [-0.05, 0) is 49.4 Å². The van der Waals surface area contributed by atoms with Crippen LogP contribution in [-0.2, 0) is 22.3 Å². The van der Waals surface area contributed by atoms with E-state index in [4.69, 9.17) is 16.3 Å². The number of carbonyl (C=O) groups is 1. The number of hydrogen-bond acceptors (Lipinski definition) is 6. The first-order valence-corrected chi connectivity index (χ1v) is 11.5. The average Bonchev–Trinajstić information content (AvgIpc) is 3.21. The molecule has 2 aromatic heterocycles. The van der Waals surface area contributed by atoms with Crippen molar-refractivity contribution in [2.75, 3.05) is 11.9 Å². The summed E-state index contributed by atoms with van der Waals surface area (Å²) in [6.45, 7) is 2.34. The summed E-state index contributed by atoms with van der Waals surface area (Å²) in [4.78, 5) is 23.6. The molecule has 1 aromatic carbocycles. The first kappa shape index (κ1) is 24.7. The van der Waals surface area contributed by atoms with Gasteiger partial charge in [0.05, 0.1) is 6.61 Å². The Balaban J connectivity index is 1.50. The Kier molecular flexibility index (Phi) is 7.39. The maximum atomic E-state index is 13.3. The molecule has 0 spiro atoms. The lowest BCUT2D eigenvalue weighted by molar-refractivity contribution is -0.141. The number of aromatic nitrogens is 4. The van der Waals surface area contributed by atoms with Crippen LogP contribution in [0.4, 0.5) is 19.0 Å². The molecule has 4 rings (SSSR count). The Morgan fingerprint density at radius 3 is 2.63 bits per heavy atom. The van der Waals surface area contributed by atoms with Gasteiger partial charge in [0.25, 0.3) is 0 Å². The SMILES string of the molecule is CCOC(=O)/C=C/c1cnc(Cl)nc1NCc1ccc(-c2nc(C(F)(F)F)cn2C2CCC2)cc1. The van der Waals surface area contributed by atoms with Crippen LogP contribution in [0.2, 0.25) is 5.28 Å². The fourth-order valence-electron chi connectivity index (χ4n) is 3.63. The molecule has 1 N–H and O–H groups in total. The second kappa shape index (κ2) is 10.5. The van der Waals surface area contributed by atoms with E-state index >= 15 is 0 Å². The molecule has 0 atom stereocenters. The molecular formula is C24H23ClF3N5O2. The molecule has 1 aliphatic carbocycles. The predicted molar refractivity (Wildman–Crippen MR) is 126 cm³/mol. The Morgan fingerprint density at radius 2 is 2.00 bits per heavy atom. The minimum atomic E-state index is -4.49. The molecule has 0 saturated heterocycles. The van der Waals surface area contributed by atoms with Crippen molar-refractivity contribution in [3.05, 3.63) is 64.8 Å². The van der Waals surface area contributed by atoms with Crippen molar-refractivity contribution < 1.29 is 22.7 Å². The van der Waals surface area contributed by atoms with Gasteiger partial charge in [-0.1, -0.05) is 24.3 Å². The van der Waals surface area contributed by atoms with Crippen LogP contribution >= 0.6 is 11.6 Å². The summed E-state index contributed by atoms with van der Waals surface area (Å²) in [5, 5.41) is 3.19. The van der Waals surface area contributed by atoms with Crippen LogP contribution in [0.25, 0.3) is 17.5 Å². The van der Waals surface area contributed by atoms with Crippen LogP contribution < -0.4 is 5.32 Å². The van der Waals surface area contributed by atoms with Gasteiger partial charge in [0.2, 0.25) is 5.28 Å². The molecule has 0 amide bonds. The smallest absolute Gasteiger partial charge is 0.434 e. The number of rotatable bonds is 8. The topological polar surface area (TPSA) is 81.9 Å². The highest BCUT2D eigenvalue weighted by molar-refractivity contribution is 6.28. The van der Waals surface area contributed by atoms with Gasteiger partial charge in [-0.15, -0.1) is 0 Å². The largest absolute Gasteiger partial charge is 0.463 e. The number of nitrogens with zero attached hydrogens (tertiary/aromatic N) is 4. The molecule has 0 unspecified atom stereocenters. The zero-order chi connectivity index (χ0) is 25.0. The summed E-state index contributed by atoms with van der Waals surface area (Å²) < 4.78 is 46.3. The average molecular weight is 506 g/mol. The first-order valence-electron chi connectivity index (χ1n) is 11.1. The monoisotopic (exact) mass is 505 g/mol. The maximum Gasteiger partial charge on any atom is 0.434 e. The highest BCUT2D eigenvalue weighted by Gasteiger charge is 2.36. The second-order valence-corrected chi connectivity index (χ2v) is 8.36. The van der Waals surface area contributed by atoms with Gasteiger partial charge in [-0.3, -0.25) is 0 Å². The Labute approximate surface area is 205 Å². The second-order valence-electron chi connectivity index (χ2n) is 8.02. The number of halogens is 4. The summed E-state index contributed by atoms with van der Waals surface area (Å²) in [5.41, 5.74) is 1.14. The van der Waals surface area contributed by atoms with Crippen LogP contribution in [0, 0.1) is 0 Å². The molecule has 0 radical (unpaired) electrons. The van der Waals surface area contributed by atoms with Crippen molar-refractivity contribution >= 4 is 29.5 Å². The fraction of sp³-hybridized carbons (Fsp3) is 0.333. The van der Waals surface area contributed by atoms with Gasteiger partial charge in [0.15, 0.2) is 5.69 Å². The molecule has 1 aliphatic rings. The number of esters is 1. The predicted octanol–water partition coefficient (Wildman–Crippen LogP) is 5.93. The molecule has 3 aromatic rings. The van der Waals surface area contributed by atoms with Crippen molar-refractivity contribution in [1.82, 2.24) is 19.5 Å². The van der Waals surface area contributed by atoms with E-state index in [0.29, 0.717) is 29.3 Å². The van der Waals surface area contributed by atoms with Gasteiger partial charge >= 0.3 is 12.1 Å². The molecule has 35 heavy (non-hydrogen) atoms. The van der Waals surface area contributed by atoms with E-state index in [1.54, 1.807) is 23.6 Å². The van der Waals surface area contributed by atoms with Crippen molar-refractivity contribution in [3.8, 4) is 11.4 Å². The number of hydrogen-bond donors (Lipinski definition) is 1. The molecule has 0 bridgehead atoms. The minimum Gasteiger partial charge on any atom is -0.463 e. The van der Waals surface area contributed by atoms with Crippen LogP contribution in [0.1, 0.15) is 49.0 Å². The fourth-order valence-corrected chi connectivity index (χ4v) is 3.76. The van der Waals surface area contributed by atoms with Crippen molar-refractivity contribution in [3.63, 3.8) is 0 Å². The lowest BCUT2D eigenvalue weighted by Crippen LogP contribution is -2.17. The van der Waals surface area contributed by atoms with E-state index in [2.05, 4.69) is 20.3 Å². The Bertz CT molecular complexity index is 1220.